The van der Waals surface area contributed by atoms with Crippen LogP contribution in [0.3, 0.4) is 0 Å². The second kappa shape index (κ2) is 13.3. The van der Waals surface area contributed by atoms with Crippen molar-refractivity contribution in [1.82, 2.24) is 15.0 Å². The van der Waals surface area contributed by atoms with Gasteiger partial charge in [0.25, 0.3) is 0 Å². The van der Waals surface area contributed by atoms with Gasteiger partial charge in [-0.2, -0.15) is 0 Å². The lowest BCUT2D eigenvalue weighted by atomic mass is 9.99. The van der Waals surface area contributed by atoms with Gasteiger partial charge in [-0.3, -0.25) is 0 Å². The molecule has 0 aliphatic heterocycles. The van der Waals surface area contributed by atoms with E-state index in [0.29, 0.717) is 17.5 Å². The molecule has 0 N–H and O–H groups in total. The Bertz CT molecular complexity index is 2850. The van der Waals surface area contributed by atoms with Gasteiger partial charge in [0.2, 0.25) is 0 Å². The first-order valence-corrected chi connectivity index (χ1v) is 18.0. The summed E-state index contributed by atoms with van der Waals surface area (Å²) in [5.74, 6) is 1.81. The first kappa shape index (κ1) is 31.4. The van der Waals surface area contributed by atoms with E-state index in [1.54, 1.807) is 0 Å². The Morgan fingerprint density at radius 1 is 0.370 bits per heavy atom. The van der Waals surface area contributed by atoms with Gasteiger partial charge in [0.15, 0.2) is 23.1 Å². The molecule has 5 nitrogen and oxygen atoms in total. The van der Waals surface area contributed by atoms with Gasteiger partial charge < -0.3 is 9.32 Å². The Morgan fingerprint density at radius 2 is 0.870 bits per heavy atom. The fourth-order valence-electron chi connectivity index (χ4n) is 7.34. The summed E-state index contributed by atoms with van der Waals surface area (Å²) >= 11 is 0. The first-order chi connectivity index (χ1) is 26.8. The Morgan fingerprint density at radius 3 is 1.52 bits per heavy atom. The minimum Gasteiger partial charge on any atom is -0.453 e. The molecule has 2 aromatic heterocycles. The number of aromatic nitrogens is 3. The van der Waals surface area contributed by atoms with Crippen LogP contribution in [0.25, 0.3) is 78.0 Å². The number of benzene rings is 8. The van der Waals surface area contributed by atoms with Crippen LogP contribution in [0.4, 0.5) is 17.1 Å². The fourth-order valence-corrected chi connectivity index (χ4v) is 7.34. The van der Waals surface area contributed by atoms with E-state index in [2.05, 4.69) is 126 Å². The molecular weight excluding hydrogens is 661 g/mol. The number of anilines is 3. The quantitative estimate of drug-likeness (QED) is 0.166. The van der Waals surface area contributed by atoms with Crippen LogP contribution >= 0.6 is 0 Å². The normalized spacial score (nSPS) is 11.3. The highest BCUT2D eigenvalue weighted by Gasteiger charge is 2.24. The van der Waals surface area contributed by atoms with Gasteiger partial charge in [0.1, 0.15) is 5.58 Å². The van der Waals surface area contributed by atoms with E-state index in [1.807, 2.05) is 72.8 Å². The van der Waals surface area contributed by atoms with Crippen LogP contribution in [0, 0.1) is 0 Å². The highest BCUT2D eigenvalue weighted by Crippen LogP contribution is 2.46. The summed E-state index contributed by atoms with van der Waals surface area (Å²) in [6.07, 6.45) is 0. The molecule has 0 spiro atoms. The molecule has 0 atom stereocenters. The van der Waals surface area contributed by atoms with E-state index < -0.39 is 0 Å². The van der Waals surface area contributed by atoms with Gasteiger partial charge in [0, 0.05) is 44.2 Å². The van der Waals surface area contributed by atoms with Crippen molar-refractivity contribution < 1.29 is 4.42 Å². The summed E-state index contributed by atoms with van der Waals surface area (Å²) in [6.45, 7) is 0. The third-order valence-electron chi connectivity index (χ3n) is 9.90. The summed E-state index contributed by atoms with van der Waals surface area (Å²) in [5.41, 5.74) is 9.63. The van der Waals surface area contributed by atoms with Crippen molar-refractivity contribution in [3.63, 3.8) is 0 Å². The van der Waals surface area contributed by atoms with Crippen molar-refractivity contribution in [2.75, 3.05) is 4.90 Å². The molecule has 10 aromatic rings. The van der Waals surface area contributed by atoms with Crippen LogP contribution in [0.5, 0.6) is 0 Å². The number of hydrogen-bond donors (Lipinski definition) is 0. The van der Waals surface area contributed by atoms with Gasteiger partial charge in [-0.05, 0) is 52.9 Å². The zero-order valence-electron chi connectivity index (χ0n) is 29.2. The highest BCUT2D eigenvalue weighted by atomic mass is 16.3. The zero-order valence-corrected chi connectivity index (χ0v) is 29.2. The number of furan rings is 1. The van der Waals surface area contributed by atoms with Gasteiger partial charge in [0.05, 0.1) is 5.69 Å². The molecule has 0 amide bonds. The Balaban J connectivity index is 1.23. The molecule has 0 fully saturated rings. The Labute approximate surface area is 312 Å². The number of fused-ring (bicyclic) bond motifs is 5. The van der Waals surface area contributed by atoms with Crippen LogP contribution < -0.4 is 4.90 Å². The van der Waals surface area contributed by atoms with E-state index in [-0.39, 0.29) is 0 Å². The molecule has 0 saturated carbocycles. The van der Waals surface area contributed by atoms with Crippen LogP contribution in [-0.2, 0) is 0 Å². The molecule has 10 rings (SSSR count). The second-order valence-corrected chi connectivity index (χ2v) is 13.2. The smallest absolute Gasteiger partial charge is 0.164 e. The molecule has 0 radical (unpaired) electrons. The molecule has 0 aliphatic carbocycles. The number of nitrogens with zero attached hydrogens (tertiary/aromatic N) is 4. The summed E-state index contributed by atoms with van der Waals surface area (Å²) in [7, 11) is 0. The lowest BCUT2D eigenvalue weighted by Crippen LogP contribution is -2.10. The van der Waals surface area contributed by atoms with E-state index in [1.165, 1.54) is 5.56 Å². The summed E-state index contributed by atoms with van der Waals surface area (Å²) in [4.78, 5) is 17.5. The van der Waals surface area contributed by atoms with E-state index >= 15 is 0 Å². The zero-order chi connectivity index (χ0) is 35.8. The molecular formula is C49H32N4O. The Kier molecular flexibility index (Phi) is 7.73. The van der Waals surface area contributed by atoms with Crippen LogP contribution in [0.1, 0.15) is 0 Å². The predicted octanol–water partition coefficient (Wildman–Crippen LogP) is 13.1. The van der Waals surface area contributed by atoms with Crippen LogP contribution in [0.15, 0.2) is 199 Å². The maximum absolute atomic E-state index is 7.09. The van der Waals surface area contributed by atoms with Crippen molar-refractivity contribution in [3.8, 4) is 45.3 Å². The molecule has 254 valence electrons. The molecule has 54 heavy (non-hydrogen) atoms. The molecule has 5 heteroatoms. The van der Waals surface area contributed by atoms with Gasteiger partial charge in [-0.1, -0.05) is 158 Å². The van der Waals surface area contributed by atoms with E-state index in [9.17, 15) is 0 Å². The third kappa shape index (κ3) is 5.56. The first-order valence-electron chi connectivity index (χ1n) is 18.0. The van der Waals surface area contributed by atoms with E-state index in [0.717, 1.165) is 72.0 Å². The van der Waals surface area contributed by atoms with Crippen molar-refractivity contribution in [2.24, 2.45) is 0 Å². The number of rotatable bonds is 7. The lowest BCUT2D eigenvalue weighted by Gasteiger charge is -2.25. The Hall–Kier alpha value is -7.37. The summed E-state index contributed by atoms with van der Waals surface area (Å²) in [5, 5.41) is 4.01. The summed E-state index contributed by atoms with van der Waals surface area (Å²) < 4.78 is 7.09. The molecule has 0 bridgehead atoms. The van der Waals surface area contributed by atoms with E-state index in [4.69, 9.17) is 19.4 Å². The summed E-state index contributed by atoms with van der Waals surface area (Å²) in [6, 6.07) is 66.7. The van der Waals surface area contributed by atoms with Gasteiger partial charge >= 0.3 is 0 Å². The largest absolute Gasteiger partial charge is 0.453 e. The predicted molar refractivity (Wildman–Crippen MR) is 221 cm³/mol. The van der Waals surface area contributed by atoms with Crippen molar-refractivity contribution in [3.05, 3.63) is 194 Å². The second-order valence-electron chi connectivity index (χ2n) is 13.2. The SMILES string of the molecule is c1ccc(-c2ccc(N(c3ccccc3)c3cccc4c3oc3c5ccccc5cc(-c5nc(-c6ccccc6)nc(-c6ccccc6)n5)c43)cc2)cc1. The van der Waals surface area contributed by atoms with Crippen molar-refractivity contribution in [1.29, 1.82) is 0 Å². The number of para-hydroxylation sites is 2. The minimum atomic E-state index is 0.586. The standard InChI is InChI=1S/C49H32N4O/c1-5-16-33(17-6-1)34-28-30-39(31-29-34)53(38-23-11-4-12-24-38)43-27-15-26-41-44-42(32-37-22-13-14-25-40(37)46(44)54-45(41)43)49-51-47(35-18-7-2-8-19-35)50-48(52-49)36-20-9-3-10-21-36/h1-32H. The van der Waals surface area contributed by atoms with Crippen molar-refractivity contribution >= 4 is 49.8 Å². The topological polar surface area (TPSA) is 55.1 Å². The monoisotopic (exact) mass is 692 g/mol. The maximum atomic E-state index is 7.09. The highest BCUT2D eigenvalue weighted by molar-refractivity contribution is 6.22. The third-order valence-corrected chi connectivity index (χ3v) is 9.90. The van der Waals surface area contributed by atoms with Crippen LogP contribution in [0.2, 0.25) is 0 Å². The van der Waals surface area contributed by atoms with Gasteiger partial charge in [-0.15, -0.1) is 0 Å². The number of hydrogen-bond acceptors (Lipinski definition) is 5. The molecule has 0 aliphatic rings. The molecule has 0 saturated heterocycles. The average Bonchev–Trinajstić information content (AvgIpc) is 3.66. The fraction of sp³-hybridized carbons (Fsp3) is 0. The van der Waals surface area contributed by atoms with Crippen LogP contribution in [-0.4, -0.2) is 15.0 Å². The molecule has 2 heterocycles. The average molecular weight is 693 g/mol. The lowest BCUT2D eigenvalue weighted by molar-refractivity contribution is 0.673. The maximum Gasteiger partial charge on any atom is 0.164 e. The molecule has 0 unspecified atom stereocenters. The van der Waals surface area contributed by atoms with Gasteiger partial charge in [-0.25, -0.2) is 15.0 Å². The van der Waals surface area contributed by atoms with Crippen molar-refractivity contribution in [2.45, 2.75) is 0 Å². The molecule has 8 aromatic carbocycles. The minimum absolute atomic E-state index is 0.586.